The van der Waals surface area contributed by atoms with E-state index < -0.39 is 6.23 Å². The summed E-state index contributed by atoms with van der Waals surface area (Å²) >= 11 is 0. The zero-order valence-electron chi connectivity index (χ0n) is 17.3. The number of aliphatic hydroxyl groups excluding tert-OH is 2. The van der Waals surface area contributed by atoms with E-state index in [1.165, 1.54) is 0 Å². The molecular weight excluding hydrogens is 354 g/mol. The predicted molar refractivity (Wildman–Crippen MR) is 113 cm³/mol. The van der Waals surface area contributed by atoms with Gasteiger partial charge in [0.2, 0.25) is 0 Å². The van der Waals surface area contributed by atoms with E-state index in [1.807, 2.05) is 19.2 Å². The van der Waals surface area contributed by atoms with Crippen molar-refractivity contribution in [2.45, 2.75) is 76.8 Å². The second-order valence-corrected chi connectivity index (χ2v) is 7.92. The molecule has 0 saturated heterocycles. The van der Waals surface area contributed by atoms with Gasteiger partial charge in [-0.15, -0.1) is 0 Å². The van der Waals surface area contributed by atoms with Crippen LogP contribution in [-0.4, -0.2) is 48.3 Å². The highest BCUT2D eigenvalue weighted by molar-refractivity contribution is 5.85. The van der Waals surface area contributed by atoms with E-state index >= 15 is 0 Å². The van der Waals surface area contributed by atoms with Gasteiger partial charge in [-0.2, -0.15) is 0 Å². The van der Waals surface area contributed by atoms with E-state index in [4.69, 9.17) is 4.74 Å². The van der Waals surface area contributed by atoms with Crippen LogP contribution >= 0.6 is 0 Å². The molecule has 0 spiro atoms. The minimum atomic E-state index is -0.401. The minimum absolute atomic E-state index is 0.00891. The molecular formula is C22H35N3O3. The molecule has 6 heteroatoms. The summed E-state index contributed by atoms with van der Waals surface area (Å²) in [7, 11) is 1.89. The average Bonchev–Trinajstić information content (AvgIpc) is 2.68. The van der Waals surface area contributed by atoms with Gasteiger partial charge in [0.05, 0.1) is 24.0 Å². The molecule has 1 aliphatic heterocycles. The zero-order chi connectivity index (χ0) is 20.1. The van der Waals surface area contributed by atoms with Crippen molar-refractivity contribution in [3.05, 3.63) is 29.3 Å². The maximum absolute atomic E-state index is 9.98. The number of rotatable bonds is 8. The Bertz CT molecular complexity index is 684. The highest BCUT2D eigenvalue weighted by atomic mass is 16.5. The Kier molecular flexibility index (Phi) is 7.21. The second kappa shape index (κ2) is 9.63. The van der Waals surface area contributed by atoms with Crippen LogP contribution in [0.3, 0.4) is 0 Å². The molecule has 2 atom stereocenters. The lowest BCUT2D eigenvalue weighted by molar-refractivity contribution is 0.0828. The van der Waals surface area contributed by atoms with Gasteiger partial charge in [-0.1, -0.05) is 19.4 Å². The molecule has 1 aromatic carbocycles. The standard InChI is InChI=1S/C22H35N3O3/c1-4-6-20(27)25-15-9-11-16(12-10-15)28-19-8-5-7-18-21(19)22(23-3)17(13-26)14(2)24-18/h5,7-8,14-16,20,23-27H,4,6,9-13H2,1-3H3. The third-order valence-electron chi connectivity index (χ3n) is 5.87. The van der Waals surface area contributed by atoms with E-state index in [2.05, 4.69) is 35.9 Å². The van der Waals surface area contributed by atoms with Crippen molar-refractivity contribution in [2.75, 3.05) is 19.0 Å². The van der Waals surface area contributed by atoms with Gasteiger partial charge in [-0.3, -0.25) is 5.32 Å². The lowest BCUT2D eigenvalue weighted by atomic mass is 9.92. The van der Waals surface area contributed by atoms with E-state index in [-0.39, 0.29) is 18.8 Å². The van der Waals surface area contributed by atoms with Crippen molar-refractivity contribution in [2.24, 2.45) is 0 Å². The first-order chi connectivity index (χ1) is 13.6. The third kappa shape index (κ3) is 4.62. The molecule has 156 valence electrons. The summed E-state index contributed by atoms with van der Waals surface area (Å²) in [5.41, 5.74) is 3.94. The average molecular weight is 390 g/mol. The summed E-state index contributed by atoms with van der Waals surface area (Å²) in [6, 6.07) is 6.52. The molecule has 0 aromatic heterocycles. The summed E-state index contributed by atoms with van der Waals surface area (Å²) in [5, 5.41) is 29.9. The van der Waals surface area contributed by atoms with Gasteiger partial charge >= 0.3 is 0 Å². The Morgan fingerprint density at radius 1 is 1.25 bits per heavy atom. The number of benzene rings is 1. The Morgan fingerprint density at radius 2 is 2.00 bits per heavy atom. The molecule has 5 N–H and O–H groups in total. The molecule has 3 rings (SSSR count). The molecule has 2 aliphatic rings. The van der Waals surface area contributed by atoms with Crippen LogP contribution in [0.4, 0.5) is 5.69 Å². The van der Waals surface area contributed by atoms with Gasteiger partial charge in [0.25, 0.3) is 0 Å². The molecule has 1 fully saturated rings. The number of ether oxygens (including phenoxy) is 1. The number of fused-ring (bicyclic) bond motifs is 1. The first kappa shape index (κ1) is 21.0. The van der Waals surface area contributed by atoms with E-state index in [0.29, 0.717) is 6.04 Å². The van der Waals surface area contributed by atoms with Crippen LogP contribution in [0.25, 0.3) is 5.70 Å². The molecule has 28 heavy (non-hydrogen) atoms. The fourth-order valence-corrected chi connectivity index (χ4v) is 4.36. The Labute approximate surface area is 168 Å². The normalized spacial score (nSPS) is 25.7. The first-order valence-corrected chi connectivity index (χ1v) is 10.6. The van der Waals surface area contributed by atoms with Crippen molar-refractivity contribution in [1.82, 2.24) is 10.6 Å². The number of aliphatic hydroxyl groups is 2. The van der Waals surface area contributed by atoms with Gasteiger partial charge in [0.15, 0.2) is 0 Å². The highest BCUT2D eigenvalue weighted by Crippen LogP contribution is 2.39. The maximum Gasteiger partial charge on any atom is 0.131 e. The van der Waals surface area contributed by atoms with Crippen molar-refractivity contribution in [1.29, 1.82) is 0 Å². The second-order valence-electron chi connectivity index (χ2n) is 7.92. The molecule has 1 aliphatic carbocycles. The van der Waals surface area contributed by atoms with E-state index in [9.17, 15) is 10.2 Å². The maximum atomic E-state index is 9.98. The lowest BCUT2D eigenvalue weighted by Crippen LogP contribution is -2.42. The van der Waals surface area contributed by atoms with Crippen molar-refractivity contribution in [3.63, 3.8) is 0 Å². The van der Waals surface area contributed by atoms with Crippen LogP contribution in [0.15, 0.2) is 23.8 Å². The van der Waals surface area contributed by atoms with Crippen molar-refractivity contribution in [3.8, 4) is 5.75 Å². The summed E-state index contributed by atoms with van der Waals surface area (Å²) in [4.78, 5) is 0. The van der Waals surface area contributed by atoms with Crippen LogP contribution in [-0.2, 0) is 0 Å². The quantitative estimate of drug-likeness (QED) is 0.440. The summed E-state index contributed by atoms with van der Waals surface area (Å²) in [6.07, 6.45) is 5.49. The van der Waals surface area contributed by atoms with Crippen molar-refractivity contribution >= 4 is 11.4 Å². The summed E-state index contributed by atoms with van der Waals surface area (Å²) in [5.74, 6) is 0.856. The molecule has 0 radical (unpaired) electrons. The fraction of sp³-hybridized carbons (Fsp3) is 0.636. The van der Waals surface area contributed by atoms with Gasteiger partial charge < -0.3 is 25.6 Å². The Hall–Kier alpha value is -1.76. The SMILES string of the molecule is CCCC(O)NC1CCC(Oc2cccc3c2C(NC)=C(CO)C(C)N3)CC1. The van der Waals surface area contributed by atoms with Crippen LogP contribution in [0.2, 0.25) is 0 Å². The third-order valence-corrected chi connectivity index (χ3v) is 5.87. The molecule has 1 heterocycles. The van der Waals surface area contributed by atoms with Crippen LogP contribution < -0.4 is 20.7 Å². The monoisotopic (exact) mass is 389 g/mol. The summed E-state index contributed by atoms with van der Waals surface area (Å²) in [6.45, 7) is 4.15. The molecule has 1 aromatic rings. The summed E-state index contributed by atoms with van der Waals surface area (Å²) < 4.78 is 6.43. The molecule has 0 amide bonds. The van der Waals surface area contributed by atoms with Crippen LogP contribution in [0.1, 0.15) is 57.9 Å². The smallest absolute Gasteiger partial charge is 0.131 e. The van der Waals surface area contributed by atoms with Gasteiger partial charge in [0.1, 0.15) is 12.0 Å². The fourth-order valence-electron chi connectivity index (χ4n) is 4.36. The molecule has 6 nitrogen and oxygen atoms in total. The van der Waals surface area contributed by atoms with Gasteiger partial charge in [0, 0.05) is 30.4 Å². The zero-order valence-corrected chi connectivity index (χ0v) is 17.3. The predicted octanol–water partition coefficient (Wildman–Crippen LogP) is 2.82. The number of nitrogens with one attached hydrogen (secondary N) is 3. The minimum Gasteiger partial charge on any atom is -0.490 e. The number of anilines is 1. The van der Waals surface area contributed by atoms with Crippen LogP contribution in [0, 0.1) is 0 Å². The Balaban J connectivity index is 1.69. The highest BCUT2D eigenvalue weighted by Gasteiger charge is 2.28. The first-order valence-electron chi connectivity index (χ1n) is 10.6. The van der Waals surface area contributed by atoms with Gasteiger partial charge in [-0.05, 0) is 51.2 Å². The lowest BCUT2D eigenvalue weighted by Gasteiger charge is -2.34. The van der Waals surface area contributed by atoms with Crippen LogP contribution in [0.5, 0.6) is 5.75 Å². The van der Waals surface area contributed by atoms with Crippen molar-refractivity contribution < 1.29 is 14.9 Å². The molecule has 2 unspecified atom stereocenters. The number of hydrogen-bond donors (Lipinski definition) is 5. The van der Waals surface area contributed by atoms with E-state index in [0.717, 1.165) is 66.8 Å². The van der Waals surface area contributed by atoms with E-state index in [1.54, 1.807) is 0 Å². The van der Waals surface area contributed by atoms with Gasteiger partial charge in [-0.25, -0.2) is 0 Å². The Morgan fingerprint density at radius 3 is 2.64 bits per heavy atom. The molecule has 0 bridgehead atoms. The number of hydrogen-bond acceptors (Lipinski definition) is 6. The topological polar surface area (TPSA) is 85.8 Å². The largest absolute Gasteiger partial charge is 0.490 e. The molecule has 1 saturated carbocycles.